The molecule has 0 bridgehead atoms. The van der Waals surface area contributed by atoms with Crippen LogP contribution in [0, 0.1) is 11.5 Å². The second-order valence-corrected chi connectivity index (χ2v) is 9.32. The van der Waals surface area contributed by atoms with Crippen LogP contribution in [0.4, 0.5) is 0 Å². The van der Waals surface area contributed by atoms with Gasteiger partial charge in [-0.15, -0.1) is 11.5 Å². The van der Waals surface area contributed by atoms with Gasteiger partial charge in [-0.3, -0.25) is 0 Å². The number of ether oxygens (including phenoxy) is 1. The Hall–Kier alpha value is -1.01. The number of carbonyl (C=O) groups is 1. The van der Waals surface area contributed by atoms with Crippen LogP contribution in [-0.4, -0.2) is 20.7 Å². The summed E-state index contributed by atoms with van der Waals surface area (Å²) in [4.78, 5) is 11.0. The molecule has 0 aliphatic rings. The summed E-state index contributed by atoms with van der Waals surface area (Å²) in [6, 6.07) is 0. The van der Waals surface area contributed by atoms with Crippen molar-refractivity contribution in [2.45, 2.75) is 39.4 Å². The van der Waals surface area contributed by atoms with E-state index in [0.717, 1.165) is 12.8 Å². The van der Waals surface area contributed by atoms with Crippen molar-refractivity contribution in [2.24, 2.45) is 0 Å². The molecule has 2 nitrogen and oxygen atoms in total. The standard InChI is InChI=1S/C12H20O2Si/c1-11(2)12(13)14-9-7-6-8-10-15(3,4)5/h1,6-7,9H2,2-5H3. The molecule has 0 fully saturated rings. The van der Waals surface area contributed by atoms with Crippen LogP contribution in [0.5, 0.6) is 0 Å². The van der Waals surface area contributed by atoms with Crippen molar-refractivity contribution < 1.29 is 9.53 Å². The highest BCUT2D eigenvalue weighted by atomic mass is 28.3. The summed E-state index contributed by atoms with van der Waals surface area (Å²) in [6.45, 7) is 12.2. The second kappa shape index (κ2) is 6.47. The molecular formula is C12H20O2Si. The van der Waals surface area contributed by atoms with Gasteiger partial charge in [-0.1, -0.05) is 26.2 Å². The molecule has 0 rings (SSSR count). The van der Waals surface area contributed by atoms with Gasteiger partial charge >= 0.3 is 5.97 Å². The molecule has 0 aromatic rings. The van der Waals surface area contributed by atoms with Gasteiger partial charge in [-0.05, 0) is 13.3 Å². The van der Waals surface area contributed by atoms with E-state index in [-0.39, 0.29) is 5.97 Å². The van der Waals surface area contributed by atoms with Gasteiger partial charge in [0.05, 0.1) is 6.61 Å². The van der Waals surface area contributed by atoms with Crippen LogP contribution in [0.15, 0.2) is 12.2 Å². The first-order valence-electron chi connectivity index (χ1n) is 5.15. The smallest absolute Gasteiger partial charge is 0.333 e. The Labute approximate surface area is 93.7 Å². The Morgan fingerprint density at radius 1 is 1.40 bits per heavy atom. The molecule has 0 heterocycles. The van der Waals surface area contributed by atoms with Crippen molar-refractivity contribution in [2.75, 3.05) is 6.61 Å². The van der Waals surface area contributed by atoms with Gasteiger partial charge in [0, 0.05) is 12.0 Å². The van der Waals surface area contributed by atoms with Crippen LogP contribution in [0.3, 0.4) is 0 Å². The predicted octanol–water partition coefficient (Wildman–Crippen LogP) is 2.77. The summed E-state index contributed by atoms with van der Waals surface area (Å²) in [5, 5.41) is 0. The highest BCUT2D eigenvalue weighted by molar-refractivity contribution is 6.83. The van der Waals surface area contributed by atoms with Gasteiger partial charge in [-0.2, -0.15) is 0 Å². The maximum absolute atomic E-state index is 11.0. The molecule has 0 saturated carbocycles. The third-order valence-electron chi connectivity index (χ3n) is 1.49. The van der Waals surface area contributed by atoms with Gasteiger partial charge in [-0.25, -0.2) is 4.79 Å². The van der Waals surface area contributed by atoms with E-state index in [0.29, 0.717) is 12.2 Å². The lowest BCUT2D eigenvalue weighted by atomic mass is 10.3. The Morgan fingerprint density at radius 2 is 2.00 bits per heavy atom. The summed E-state index contributed by atoms with van der Waals surface area (Å²) in [5.74, 6) is 2.81. The lowest BCUT2D eigenvalue weighted by molar-refractivity contribution is -0.139. The SMILES string of the molecule is C=C(C)C(=O)OCCCC#C[Si](C)(C)C. The minimum atomic E-state index is -1.24. The monoisotopic (exact) mass is 224 g/mol. The zero-order valence-electron chi connectivity index (χ0n) is 10.1. The number of unbranched alkanes of at least 4 members (excludes halogenated alkanes) is 1. The quantitative estimate of drug-likeness (QED) is 0.241. The van der Waals surface area contributed by atoms with E-state index in [4.69, 9.17) is 4.74 Å². The molecule has 0 aliphatic carbocycles. The van der Waals surface area contributed by atoms with Crippen molar-refractivity contribution in [3.63, 3.8) is 0 Å². The van der Waals surface area contributed by atoms with Gasteiger partial charge in [0.1, 0.15) is 8.07 Å². The maximum atomic E-state index is 11.0. The largest absolute Gasteiger partial charge is 0.462 e. The van der Waals surface area contributed by atoms with Crippen molar-refractivity contribution in [3.8, 4) is 11.5 Å². The number of hydrogen-bond donors (Lipinski definition) is 0. The summed E-state index contributed by atoms with van der Waals surface area (Å²) >= 11 is 0. The van der Waals surface area contributed by atoms with Crippen LogP contribution >= 0.6 is 0 Å². The van der Waals surface area contributed by atoms with E-state index in [1.165, 1.54) is 0 Å². The summed E-state index contributed by atoms with van der Waals surface area (Å²) in [7, 11) is -1.24. The van der Waals surface area contributed by atoms with Crippen LogP contribution < -0.4 is 0 Å². The minimum Gasteiger partial charge on any atom is -0.462 e. The molecule has 15 heavy (non-hydrogen) atoms. The van der Waals surface area contributed by atoms with Crippen LogP contribution in [0.2, 0.25) is 19.6 Å². The highest BCUT2D eigenvalue weighted by Gasteiger charge is 2.07. The number of esters is 1. The fourth-order valence-corrected chi connectivity index (χ4v) is 1.43. The fourth-order valence-electron chi connectivity index (χ4n) is 0.776. The molecule has 0 aromatic heterocycles. The Kier molecular flexibility index (Phi) is 6.03. The lowest BCUT2D eigenvalue weighted by Gasteiger charge is -2.04. The Bertz CT molecular complexity index is 289. The topological polar surface area (TPSA) is 26.3 Å². The van der Waals surface area contributed by atoms with Crippen LogP contribution in [0.1, 0.15) is 19.8 Å². The van der Waals surface area contributed by atoms with Crippen molar-refractivity contribution in [3.05, 3.63) is 12.2 Å². The summed E-state index contributed by atoms with van der Waals surface area (Å²) in [5.41, 5.74) is 3.71. The van der Waals surface area contributed by atoms with Crippen molar-refractivity contribution >= 4 is 14.0 Å². The average Bonchev–Trinajstić information content (AvgIpc) is 2.08. The van der Waals surface area contributed by atoms with E-state index in [1.54, 1.807) is 6.92 Å². The van der Waals surface area contributed by atoms with Gasteiger partial charge in [0.2, 0.25) is 0 Å². The average molecular weight is 224 g/mol. The first-order valence-corrected chi connectivity index (χ1v) is 8.65. The van der Waals surface area contributed by atoms with Crippen LogP contribution in [0.25, 0.3) is 0 Å². The fraction of sp³-hybridized carbons (Fsp3) is 0.583. The number of carbonyl (C=O) groups excluding carboxylic acids is 1. The maximum Gasteiger partial charge on any atom is 0.333 e. The van der Waals surface area contributed by atoms with Gasteiger partial charge in [0.15, 0.2) is 0 Å². The molecule has 0 N–H and O–H groups in total. The van der Waals surface area contributed by atoms with Crippen molar-refractivity contribution in [1.29, 1.82) is 0 Å². The van der Waals surface area contributed by atoms with E-state index in [9.17, 15) is 4.79 Å². The molecule has 0 radical (unpaired) electrons. The van der Waals surface area contributed by atoms with E-state index in [1.807, 2.05) is 0 Å². The molecule has 0 unspecified atom stereocenters. The molecule has 84 valence electrons. The Morgan fingerprint density at radius 3 is 2.47 bits per heavy atom. The first-order chi connectivity index (χ1) is 6.83. The molecule has 0 aromatic carbocycles. The molecule has 0 atom stereocenters. The molecule has 0 spiro atoms. The third kappa shape index (κ3) is 9.29. The first kappa shape index (κ1) is 14.0. The minimum absolute atomic E-state index is 0.312. The molecular weight excluding hydrogens is 204 g/mol. The Balaban J connectivity index is 3.60. The van der Waals surface area contributed by atoms with E-state index in [2.05, 4.69) is 37.7 Å². The zero-order valence-corrected chi connectivity index (χ0v) is 11.1. The zero-order chi connectivity index (χ0) is 11.9. The van der Waals surface area contributed by atoms with Gasteiger partial charge in [0.25, 0.3) is 0 Å². The summed E-state index contributed by atoms with van der Waals surface area (Å²) in [6.07, 6.45) is 1.60. The number of rotatable bonds is 4. The van der Waals surface area contributed by atoms with Crippen LogP contribution in [-0.2, 0) is 9.53 Å². The van der Waals surface area contributed by atoms with E-state index < -0.39 is 8.07 Å². The molecule has 0 saturated heterocycles. The lowest BCUT2D eigenvalue weighted by Crippen LogP contribution is -2.16. The summed E-state index contributed by atoms with van der Waals surface area (Å²) < 4.78 is 4.94. The third-order valence-corrected chi connectivity index (χ3v) is 2.42. The van der Waals surface area contributed by atoms with E-state index >= 15 is 0 Å². The number of hydrogen-bond acceptors (Lipinski definition) is 2. The predicted molar refractivity (Wildman–Crippen MR) is 66.1 cm³/mol. The normalized spacial score (nSPS) is 10.1. The highest BCUT2D eigenvalue weighted by Crippen LogP contribution is 1.98. The van der Waals surface area contributed by atoms with Crippen molar-refractivity contribution in [1.82, 2.24) is 0 Å². The molecule has 0 amide bonds. The molecule has 3 heteroatoms. The second-order valence-electron chi connectivity index (χ2n) is 4.57. The molecule has 0 aliphatic heterocycles. The van der Waals surface area contributed by atoms with Gasteiger partial charge < -0.3 is 4.74 Å².